The Hall–Kier alpha value is -1.63. The third-order valence-corrected chi connectivity index (χ3v) is 1.71. The van der Waals surface area contributed by atoms with Gasteiger partial charge < -0.3 is 20.4 Å². The summed E-state index contributed by atoms with van der Waals surface area (Å²) < 4.78 is 5.17. The fraction of sp³-hybridized carbons (Fsp3) is 0.625. The largest absolute Gasteiger partial charge is 0.408 e. The van der Waals surface area contributed by atoms with E-state index in [0.717, 1.165) is 0 Å². The molecular weight excluding hydrogens is 198 g/mol. The zero-order valence-corrected chi connectivity index (χ0v) is 8.86. The van der Waals surface area contributed by atoms with Crippen LogP contribution in [0.2, 0.25) is 0 Å². The predicted molar refractivity (Wildman–Crippen MR) is 54.2 cm³/mol. The molecule has 1 heterocycles. The van der Waals surface area contributed by atoms with E-state index in [-0.39, 0.29) is 18.5 Å². The number of amides is 1. The summed E-state index contributed by atoms with van der Waals surface area (Å²) in [6.45, 7) is 0.593. The Bertz CT molecular complexity index is 323. The number of likely N-dealkylation sites (N-methyl/N-ethyl adjacent to an activating group) is 1. The maximum Gasteiger partial charge on any atom is 0.315 e. The summed E-state index contributed by atoms with van der Waals surface area (Å²) in [5, 5.41) is 10.2. The van der Waals surface area contributed by atoms with E-state index < -0.39 is 0 Å². The molecule has 1 amide bonds. The molecule has 7 nitrogen and oxygen atoms in total. The zero-order chi connectivity index (χ0) is 11.3. The molecule has 0 radical (unpaired) electrons. The maximum atomic E-state index is 11.2. The summed E-state index contributed by atoms with van der Waals surface area (Å²) in [5.41, 5.74) is 5.32. The highest BCUT2D eigenvalue weighted by Crippen LogP contribution is 2.04. The lowest BCUT2D eigenvalue weighted by Gasteiger charge is -2.09. The highest BCUT2D eigenvalue weighted by molar-refractivity contribution is 5.79. The maximum absolute atomic E-state index is 11.2. The van der Waals surface area contributed by atoms with Gasteiger partial charge >= 0.3 is 6.01 Å². The Labute approximate surface area is 87.6 Å². The second-order valence-corrected chi connectivity index (χ2v) is 3.18. The van der Waals surface area contributed by atoms with Gasteiger partial charge in [0.2, 0.25) is 11.8 Å². The van der Waals surface area contributed by atoms with Crippen molar-refractivity contribution in [2.24, 2.45) is 5.73 Å². The van der Waals surface area contributed by atoms with E-state index >= 15 is 0 Å². The molecule has 0 aliphatic carbocycles. The van der Waals surface area contributed by atoms with Gasteiger partial charge in [-0.2, -0.15) is 0 Å². The molecule has 0 unspecified atom stereocenters. The minimum Gasteiger partial charge on any atom is -0.408 e. The Morgan fingerprint density at radius 1 is 1.53 bits per heavy atom. The summed E-state index contributed by atoms with van der Waals surface area (Å²) in [6, 6.07) is 0.244. The van der Waals surface area contributed by atoms with E-state index in [1.54, 1.807) is 14.1 Å². The number of anilines is 1. The average molecular weight is 213 g/mol. The monoisotopic (exact) mass is 213 g/mol. The van der Waals surface area contributed by atoms with Crippen LogP contribution in [-0.2, 0) is 11.2 Å². The Morgan fingerprint density at radius 2 is 2.27 bits per heavy atom. The van der Waals surface area contributed by atoms with E-state index in [1.165, 1.54) is 4.90 Å². The van der Waals surface area contributed by atoms with Crippen LogP contribution >= 0.6 is 0 Å². The van der Waals surface area contributed by atoms with E-state index in [0.29, 0.717) is 18.9 Å². The predicted octanol–water partition coefficient (Wildman–Crippen LogP) is -0.929. The van der Waals surface area contributed by atoms with Crippen molar-refractivity contribution in [1.29, 1.82) is 0 Å². The molecule has 15 heavy (non-hydrogen) atoms. The molecule has 1 aromatic heterocycles. The molecule has 0 aliphatic rings. The number of carbonyl (C=O) groups is 1. The fourth-order valence-corrected chi connectivity index (χ4v) is 0.859. The van der Waals surface area contributed by atoms with Gasteiger partial charge in [0.15, 0.2) is 0 Å². The van der Waals surface area contributed by atoms with Crippen molar-refractivity contribution in [1.82, 2.24) is 15.1 Å². The summed E-state index contributed by atoms with van der Waals surface area (Å²) in [7, 11) is 3.36. The molecule has 0 aromatic carbocycles. The summed E-state index contributed by atoms with van der Waals surface area (Å²) in [6.07, 6.45) is 0.538. The van der Waals surface area contributed by atoms with Crippen LogP contribution in [0.4, 0.5) is 6.01 Å². The van der Waals surface area contributed by atoms with E-state index in [1.807, 2.05) is 0 Å². The minimum atomic E-state index is -0.0615. The average Bonchev–Trinajstić information content (AvgIpc) is 2.62. The summed E-state index contributed by atoms with van der Waals surface area (Å²) in [4.78, 5) is 12.7. The second-order valence-electron chi connectivity index (χ2n) is 3.18. The third-order valence-electron chi connectivity index (χ3n) is 1.71. The first kappa shape index (κ1) is 11.4. The summed E-state index contributed by atoms with van der Waals surface area (Å²) >= 11 is 0. The van der Waals surface area contributed by atoms with Crippen molar-refractivity contribution in [2.45, 2.75) is 6.42 Å². The Balaban J connectivity index is 2.40. The molecule has 0 aliphatic heterocycles. The smallest absolute Gasteiger partial charge is 0.315 e. The SMILES string of the molecule is CN(C)C(=O)CNc1nnc(CCN)o1. The molecule has 0 fully saturated rings. The quantitative estimate of drug-likeness (QED) is 0.656. The first-order chi connectivity index (χ1) is 7.13. The van der Waals surface area contributed by atoms with Gasteiger partial charge in [-0.25, -0.2) is 0 Å². The van der Waals surface area contributed by atoms with Crippen LogP contribution in [0, 0.1) is 0 Å². The van der Waals surface area contributed by atoms with Crippen LogP contribution in [0.15, 0.2) is 4.42 Å². The number of hydrogen-bond donors (Lipinski definition) is 2. The standard InChI is InChI=1S/C8H15N5O2/c1-13(2)7(14)5-10-8-12-11-6(15-8)3-4-9/h3-5,9H2,1-2H3,(H,10,12). The zero-order valence-electron chi connectivity index (χ0n) is 8.86. The minimum absolute atomic E-state index is 0.0615. The van der Waals surface area contributed by atoms with Crippen molar-refractivity contribution in [2.75, 3.05) is 32.5 Å². The van der Waals surface area contributed by atoms with Gasteiger partial charge in [-0.15, -0.1) is 5.10 Å². The van der Waals surface area contributed by atoms with Gasteiger partial charge in [-0.1, -0.05) is 5.10 Å². The first-order valence-electron chi connectivity index (χ1n) is 4.60. The highest BCUT2D eigenvalue weighted by atomic mass is 16.4. The number of nitrogens with zero attached hydrogens (tertiary/aromatic N) is 3. The highest BCUT2D eigenvalue weighted by Gasteiger charge is 2.07. The van der Waals surface area contributed by atoms with Gasteiger partial charge in [-0.05, 0) is 0 Å². The van der Waals surface area contributed by atoms with Gasteiger partial charge in [0.25, 0.3) is 0 Å². The summed E-state index contributed by atoms with van der Waals surface area (Å²) in [5.74, 6) is 0.408. The van der Waals surface area contributed by atoms with E-state index in [4.69, 9.17) is 10.2 Å². The van der Waals surface area contributed by atoms with Gasteiger partial charge in [0.1, 0.15) is 0 Å². The Kier molecular flexibility index (Phi) is 4.04. The number of hydrogen-bond acceptors (Lipinski definition) is 6. The number of aromatic nitrogens is 2. The van der Waals surface area contributed by atoms with E-state index in [9.17, 15) is 4.79 Å². The van der Waals surface area contributed by atoms with Gasteiger partial charge in [0, 0.05) is 27.1 Å². The molecule has 1 aromatic rings. The van der Waals surface area contributed by atoms with Crippen molar-refractivity contribution >= 4 is 11.9 Å². The third kappa shape index (κ3) is 3.55. The van der Waals surface area contributed by atoms with Crippen LogP contribution in [0.3, 0.4) is 0 Å². The molecule has 0 spiro atoms. The van der Waals surface area contributed by atoms with Crippen LogP contribution in [0.25, 0.3) is 0 Å². The second kappa shape index (κ2) is 5.30. The van der Waals surface area contributed by atoms with Crippen LogP contribution in [0.5, 0.6) is 0 Å². The first-order valence-corrected chi connectivity index (χ1v) is 4.60. The molecule has 3 N–H and O–H groups in total. The van der Waals surface area contributed by atoms with Crippen molar-refractivity contribution in [3.8, 4) is 0 Å². The molecule has 0 bridgehead atoms. The van der Waals surface area contributed by atoms with Gasteiger partial charge in [0.05, 0.1) is 6.54 Å². The number of nitrogens with two attached hydrogens (primary N) is 1. The van der Waals surface area contributed by atoms with Crippen LogP contribution < -0.4 is 11.1 Å². The van der Waals surface area contributed by atoms with Crippen molar-refractivity contribution < 1.29 is 9.21 Å². The normalized spacial score (nSPS) is 10.1. The lowest BCUT2D eigenvalue weighted by atomic mass is 10.4. The van der Waals surface area contributed by atoms with Crippen molar-refractivity contribution in [3.63, 3.8) is 0 Å². The van der Waals surface area contributed by atoms with Crippen LogP contribution in [0.1, 0.15) is 5.89 Å². The van der Waals surface area contributed by atoms with E-state index in [2.05, 4.69) is 15.5 Å². The number of rotatable bonds is 5. The van der Waals surface area contributed by atoms with Crippen molar-refractivity contribution in [3.05, 3.63) is 5.89 Å². The topological polar surface area (TPSA) is 97.3 Å². The Morgan fingerprint density at radius 3 is 2.87 bits per heavy atom. The molecule has 84 valence electrons. The molecule has 7 heteroatoms. The fourth-order valence-electron chi connectivity index (χ4n) is 0.859. The lowest BCUT2D eigenvalue weighted by Crippen LogP contribution is -2.28. The van der Waals surface area contributed by atoms with Crippen LogP contribution in [-0.4, -0.2) is 48.2 Å². The van der Waals surface area contributed by atoms with Gasteiger partial charge in [-0.3, -0.25) is 4.79 Å². The molecule has 0 saturated carbocycles. The number of carbonyl (C=O) groups excluding carboxylic acids is 1. The molecule has 0 atom stereocenters. The lowest BCUT2D eigenvalue weighted by molar-refractivity contribution is -0.126. The number of nitrogens with one attached hydrogen (secondary N) is 1. The molecule has 0 saturated heterocycles. The molecule has 1 rings (SSSR count). The molecular formula is C8H15N5O2.